The Hall–Kier alpha value is -0.540. The highest BCUT2D eigenvalue weighted by molar-refractivity contribution is 9.10. The number of hydrogen-bond donors (Lipinski definition) is 2. The number of benzene rings is 1. The minimum Gasteiger partial charge on any atom is -0.506 e. The highest BCUT2D eigenvalue weighted by Crippen LogP contribution is 2.36. The molecule has 0 atom stereocenters. The molecule has 0 unspecified atom stereocenters. The molecule has 0 aliphatic carbocycles. The zero-order valence-corrected chi connectivity index (χ0v) is 10.6. The monoisotopic (exact) mass is 257 g/mol. The number of aryl methyl sites for hydroxylation is 1. The van der Waals surface area contributed by atoms with Crippen molar-refractivity contribution >= 4 is 15.9 Å². The fraction of sp³-hybridized carbons (Fsp3) is 0.455. The van der Waals surface area contributed by atoms with Crippen LogP contribution < -0.4 is 5.73 Å². The van der Waals surface area contributed by atoms with E-state index in [9.17, 15) is 5.11 Å². The molecule has 0 saturated carbocycles. The molecular weight excluding hydrogens is 242 g/mol. The molecule has 0 heterocycles. The van der Waals surface area contributed by atoms with Crippen LogP contribution in [-0.4, -0.2) is 5.11 Å². The summed E-state index contributed by atoms with van der Waals surface area (Å²) in [6.45, 7) is 7.69. The number of rotatable bonds is 1. The van der Waals surface area contributed by atoms with Gasteiger partial charge in [-0.15, -0.1) is 0 Å². The number of nitrogens with two attached hydrogens (primary N) is 1. The van der Waals surface area contributed by atoms with E-state index in [0.717, 1.165) is 21.2 Å². The quantitative estimate of drug-likeness (QED) is 0.813. The lowest BCUT2D eigenvalue weighted by atomic mass is 9.89. The number of phenols is 1. The van der Waals surface area contributed by atoms with Crippen molar-refractivity contribution in [2.45, 2.75) is 33.2 Å². The van der Waals surface area contributed by atoms with Crippen LogP contribution in [0.3, 0.4) is 0 Å². The van der Waals surface area contributed by atoms with Crippen LogP contribution in [0.4, 0.5) is 0 Å². The van der Waals surface area contributed by atoms with Gasteiger partial charge in [0.15, 0.2) is 0 Å². The SMILES string of the molecule is Cc1cc(C(C)(C)N)c(C)c(O)c1Br. The lowest BCUT2D eigenvalue weighted by molar-refractivity contribution is 0.459. The van der Waals surface area contributed by atoms with Gasteiger partial charge in [0.25, 0.3) is 0 Å². The molecule has 0 aliphatic heterocycles. The van der Waals surface area contributed by atoms with E-state index in [2.05, 4.69) is 15.9 Å². The minimum absolute atomic E-state index is 0.290. The first-order valence-corrected chi connectivity index (χ1v) is 5.32. The second kappa shape index (κ2) is 3.55. The molecule has 0 spiro atoms. The first-order valence-electron chi connectivity index (χ1n) is 4.53. The molecule has 1 aromatic rings. The molecule has 0 fully saturated rings. The summed E-state index contributed by atoms with van der Waals surface area (Å²) in [6.07, 6.45) is 0. The average molecular weight is 258 g/mol. The first-order chi connectivity index (χ1) is 6.25. The summed E-state index contributed by atoms with van der Waals surface area (Å²) in [5, 5.41) is 9.83. The van der Waals surface area contributed by atoms with Crippen LogP contribution in [0.5, 0.6) is 5.75 Å². The molecule has 0 bridgehead atoms. The van der Waals surface area contributed by atoms with Gasteiger partial charge in [-0.05, 0) is 60.3 Å². The minimum atomic E-state index is -0.424. The summed E-state index contributed by atoms with van der Waals surface area (Å²) in [5.41, 5.74) is 8.42. The van der Waals surface area contributed by atoms with Crippen molar-refractivity contribution in [1.82, 2.24) is 0 Å². The Balaban J connectivity index is 3.49. The van der Waals surface area contributed by atoms with E-state index in [1.54, 1.807) is 0 Å². The number of aromatic hydroxyl groups is 1. The predicted molar refractivity (Wildman–Crippen MR) is 62.5 cm³/mol. The largest absolute Gasteiger partial charge is 0.506 e. The average Bonchev–Trinajstić information content (AvgIpc) is 2.06. The van der Waals surface area contributed by atoms with E-state index in [-0.39, 0.29) is 0 Å². The van der Waals surface area contributed by atoms with Gasteiger partial charge in [-0.25, -0.2) is 0 Å². The smallest absolute Gasteiger partial charge is 0.133 e. The summed E-state index contributed by atoms with van der Waals surface area (Å²) in [4.78, 5) is 0. The van der Waals surface area contributed by atoms with E-state index in [4.69, 9.17) is 5.73 Å². The molecule has 0 radical (unpaired) electrons. The standard InChI is InChI=1S/C11H16BrNO/c1-6-5-8(11(3,4)13)7(2)10(14)9(6)12/h5,14H,13H2,1-4H3. The van der Waals surface area contributed by atoms with Crippen molar-refractivity contribution in [2.24, 2.45) is 5.73 Å². The third-order valence-electron chi connectivity index (χ3n) is 2.37. The summed E-state index contributed by atoms with van der Waals surface area (Å²) in [5.74, 6) is 0.290. The molecule has 3 N–H and O–H groups in total. The zero-order valence-electron chi connectivity index (χ0n) is 8.98. The summed E-state index contributed by atoms with van der Waals surface area (Å²) in [6, 6.07) is 2.01. The second-order valence-corrected chi connectivity index (χ2v) is 5.04. The highest BCUT2D eigenvalue weighted by atomic mass is 79.9. The van der Waals surface area contributed by atoms with E-state index < -0.39 is 5.54 Å². The van der Waals surface area contributed by atoms with Crippen molar-refractivity contribution in [3.63, 3.8) is 0 Å². The molecule has 0 aromatic heterocycles. The molecule has 0 amide bonds. The van der Waals surface area contributed by atoms with E-state index >= 15 is 0 Å². The Labute approximate surface area is 93.3 Å². The molecule has 1 aromatic carbocycles. The van der Waals surface area contributed by atoms with Crippen LogP contribution in [-0.2, 0) is 5.54 Å². The molecular formula is C11H16BrNO. The number of halogens is 1. The van der Waals surface area contributed by atoms with Crippen LogP contribution in [0.2, 0.25) is 0 Å². The zero-order chi connectivity index (χ0) is 11.1. The van der Waals surface area contributed by atoms with Crippen molar-refractivity contribution in [3.05, 3.63) is 27.2 Å². The van der Waals surface area contributed by atoms with Crippen molar-refractivity contribution < 1.29 is 5.11 Å². The van der Waals surface area contributed by atoms with Crippen LogP contribution in [0.15, 0.2) is 10.5 Å². The predicted octanol–water partition coefficient (Wildman–Crippen LogP) is 2.97. The van der Waals surface area contributed by atoms with Gasteiger partial charge in [-0.2, -0.15) is 0 Å². The third-order valence-corrected chi connectivity index (χ3v) is 3.37. The van der Waals surface area contributed by atoms with Gasteiger partial charge in [0.1, 0.15) is 5.75 Å². The van der Waals surface area contributed by atoms with Gasteiger partial charge in [0.05, 0.1) is 4.47 Å². The summed E-state index contributed by atoms with van der Waals surface area (Å²) < 4.78 is 0.753. The van der Waals surface area contributed by atoms with Crippen molar-refractivity contribution in [2.75, 3.05) is 0 Å². The first kappa shape index (κ1) is 11.5. The molecule has 0 saturated heterocycles. The van der Waals surface area contributed by atoms with Crippen LogP contribution in [0.1, 0.15) is 30.5 Å². The maximum Gasteiger partial charge on any atom is 0.133 e. The highest BCUT2D eigenvalue weighted by Gasteiger charge is 2.20. The Morgan fingerprint density at radius 2 is 1.86 bits per heavy atom. The van der Waals surface area contributed by atoms with Gasteiger partial charge in [0.2, 0.25) is 0 Å². The molecule has 3 heteroatoms. The van der Waals surface area contributed by atoms with Crippen LogP contribution in [0.25, 0.3) is 0 Å². The third kappa shape index (κ3) is 1.93. The molecule has 78 valence electrons. The summed E-state index contributed by atoms with van der Waals surface area (Å²) >= 11 is 3.34. The number of hydrogen-bond acceptors (Lipinski definition) is 2. The van der Waals surface area contributed by atoms with Crippen molar-refractivity contribution in [3.8, 4) is 5.75 Å². The summed E-state index contributed by atoms with van der Waals surface area (Å²) in [7, 11) is 0. The number of phenolic OH excluding ortho intramolecular Hbond substituents is 1. The second-order valence-electron chi connectivity index (χ2n) is 4.25. The van der Waals surface area contributed by atoms with E-state index in [0.29, 0.717) is 5.75 Å². The van der Waals surface area contributed by atoms with Gasteiger partial charge in [-0.1, -0.05) is 6.07 Å². The normalized spacial score (nSPS) is 11.9. The van der Waals surface area contributed by atoms with Gasteiger partial charge < -0.3 is 10.8 Å². The van der Waals surface area contributed by atoms with Crippen molar-refractivity contribution in [1.29, 1.82) is 0 Å². The molecule has 2 nitrogen and oxygen atoms in total. The molecule has 14 heavy (non-hydrogen) atoms. The van der Waals surface area contributed by atoms with E-state index in [1.807, 2.05) is 33.8 Å². The van der Waals surface area contributed by atoms with Gasteiger partial charge in [0, 0.05) is 5.54 Å². The maximum absolute atomic E-state index is 9.83. The fourth-order valence-corrected chi connectivity index (χ4v) is 1.95. The molecule has 1 rings (SSSR count). The molecule has 0 aliphatic rings. The topological polar surface area (TPSA) is 46.2 Å². The van der Waals surface area contributed by atoms with E-state index in [1.165, 1.54) is 0 Å². The van der Waals surface area contributed by atoms with Gasteiger partial charge in [-0.3, -0.25) is 0 Å². The lowest BCUT2D eigenvalue weighted by Gasteiger charge is -2.23. The van der Waals surface area contributed by atoms with Crippen LogP contribution >= 0.6 is 15.9 Å². The van der Waals surface area contributed by atoms with Gasteiger partial charge >= 0.3 is 0 Å². The fourth-order valence-electron chi connectivity index (χ4n) is 1.54. The van der Waals surface area contributed by atoms with Crippen LogP contribution in [0, 0.1) is 13.8 Å². The lowest BCUT2D eigenvalue weighted by Crippen LogP contribution is -2.29. The maximum atomic E-state index is 9.83. The Morgan fingerprint density at radius 1 is 1.36 bits per heavy atom. The Morgan fingerprint density at radius 3 is 2.29 bits per heavy atom. The Kier molecular flexibility index (Phi) is 2.93. The Bertz CT molecular complexity index is 367.